The van der Waals surface area contributed by atoms with Crippen LogP contribution < -0.4 is 5.32 Å². The maximum absolute atomic E-state index is 12.0. The summed E-state index contributed by atoms with van der Waals surface area (Å²) < 4.78 is 5.26. The molecular weight excluding hydrogens is 284 g/mol. The largest absolute Gasteiger partial charge is 0.338 e. The average Bonchev–Trinajstić information content (AvgIpc) is 2.85. The average molecular weight is 302 g/mol. The Balaban J connectivity index is 1.60. The third kappa shape index (κ3) is 3.05. The summed E-state index contributed by atoms with van der Waals surface area (Å²) in [6, 6.07) is -0.0718. The lowest BCUT2D eigenvalue weighted by atomic mass is 10.0. The van der Waals surface area contributed by atoms with Gasteiger partial charge in [-0.25, -0.2) is 9.78 Å². The monoisotopic (exact) mass is 302 g/mol. The first-order chi connectivity index (χ1) is 10.4. The molecule has 0 bridgehead atoms. The van der Waals surface area contributed by atoms with Gasteiger partial charge in [-0.2, -0.15) is 4.98 Å². The maximum atomic E-state index is 12.0. The van der Waals surface area contributed by atoms with Gasteiger partial charge in [0.05, 0.1) is 12.1 Å². The standard InChI is InChI=1S/C14H18N6O2/c1-14(2,3)18-13(21)20-7-9(8-20)12-17-11(19-22-12)10-6-15-4-5-16-10/h4-6,9H,7-8H2,1-3H3,(H,18,21). The molecule has 0 aliphatic carbocycles. The van der Waals surface area contributed by atoms with Gasteiger partial charge in [0, 0.05) is 31.0 Å². The molecule has 0 atom stereocenters. The molecule has 1 saturated heterocycles. The van der Waals surface area contributed by atoms with Crippen molar-refractivity contribution in [3.8, 4) is 11.5 Å². The third-order valence-corrected chi connectivity index (χ3v) is 3.23. The lowest BCUT2D eigenvalue weighted by molar-refractivity contribution is 0.131. The highest BCUT2D eigenvalue weighted by molar-refractivity contribution is 5.76. The van der Waals surface area contributed by atoms with E-state index < -0.39 is 0 Å². The van der Waals surface area contributed by atoms with E-state index in [1.165, 1.54) is 0 Å². The molecule has 3 rings (SSSR count). The van der Waals surface area contributed by atoms with Gasteiger partial charge in [-0.1, -0.05) is 5.16 Å². The molecule has 1 N–H and O–H groups in total. The van der Waals surface area contributed by atoms with Gasteiger partial charge in [0.25, 0.3) is 0 Å². The third-order valence-electron chi connectivity index (χ3n) is 3.23. The fourth-order valence-corrected chi connectivity index (χ4v) is 2.12. The van der Waals surface area contributed by atoms with Gasteiger partial charge < -0.3 is 14.7 Å². The molecule has 22 heavy (non-hydrogen) atoms. The second-order valence-corrected chi connectivity index (χ2v) is 6.33. The zero-order valence-corrected chi connectivity index (χ0v) is 12.8. The molecule has 0 unspecified atom stereocenters. The van der Waals surface area contributed by atoms with Crippen molar-refractivity contribution in [3.63, 3.8) is 0 Å². The van der Waals surface area contributed by atoms with Crippen molar-refractivity contribution in [1.29, 1.82) is 0 Å². The van der Waals surface area contributed by atoms with Crippen molar-refractivity contribution in [2.75, 3.05) is 13.1 Å². The van der Waals surface area contributed by atoms with Gasteiger partial charge in [0.2, 0.25) is 11.7 Å². The van der Waals surface area contributed by atoms with Crippen LogP contribution in [0, 0.1) is 0 Å². The molecule has 2 aromatic rings. The van der Waals surface area contributed by atoms with E-state index in [-0.39, 0.29) is 17.5 Å². The summed E-state index contributed by atoms with van der Waals surface area (Å²) in [7, 11) is 0. The Hall–Kier alpha value is -2.51. The number of likely N-dealkylation sites (tertiary alicyclic amines) is 1. The summed E-state index contributed by atoms with van der Waals surface area (Å²) in [4.78, 5) is 26.1. The summed E-state index contributed by atoms with van der Waals surface area (Å²) >= 11 is 0. The van der Waals surface area contributed by atoms with Crippen LogP contribution in [-0.4, -0.2) is 49.7 Å². The van der Waals surface area contributed by atoms with Crippen molar-refractivity contribution in [3.05, 3.63) is 24.5 Å². The molecule has 2 amide bonds. The number of aromatic nitrogens is 4. The molecule has 116 valence electrons. The van der Waals surface area contributed by atoms with E-state index >= 15 is 0 Å². The van der Waals surface area contributed by atoms with Crippen molar-refractivity contribution >= 4 is 6.03 Å². The van der Waals surface area contributed by atoms with Crippen LogP contribution in [0.4, 0.5) is 4.79 Å². The summed E-state index contributed by atoms with van der Waals surface area (Å²) in [5, 5.41) is 6.84. The Morgan fingerprint density at radius 3 is 2.77 bits per heavy atom. The Morgan fingerprint density at radius 2 is 2.14 bits per heavy atom. The van der Waals surface area contributed by atoms with Crippen LogP contribution in [0.2, 0.25) is 0 Å². The fourth-order valence-electron chi connectivity index (χ4n) is 2.12. The Kier molecular flexibility index (Phi) is 3.51. The smallest absolute Gasteiger partial charge is 0.317 e. The lowest BCUT2D eigenvalue weighted by Gasteiger charge is -2.38. The van der Waals surface area contributed by atoms with E-state index in [0.29, 0.717) is 30.5 Å². The van der Waals surface area contributed by atoms with E-state index in [9.17, 15) is 4.79 Å². The van der Waals surface area contributed by atoms with E-state index in [2.05, 4.69) is 25.4 Å². The highest BCUT2D eigenvalue weighted by Crippen LogP contribution is 2.27. The second kappa shape index (κ2) is 5.36. The summed E-state index contributed by atoms with van der Waals surface area (Å²) in [6.45, 7) is 7.00. The number of nitrogens with zero attached hydrogens (tertiary/aromatic N) is 5. The number of carbonyl (C=O) groups is 1. The van der Waals surface area contributed by atoms with Crippen LogP contribution >= 0.6 is 0 Å². The first-order valence-corrected chi connectivity index (χ1v) is 7.09. The van der Waals surface area contributed by atoms with Crippen molar-refractivity contribution in [2.45, 2.75) is 32.2 Å². The lowest BCUT2D eigenvalue weighted by Crippen LogP contribution is -2.56. The molecule has 8 nitrogen and oxygen atoms in total. The Labute approximate surface area is 127 Å². The van der Waals surface area contributed by atoms with Crippen molar-refractivity contribution in [1.82, 2.24) is 30.3 Å². The number of rotatable bonds is 2. The van der Waals surface area contributed by atoms with Crippen LogP contribution in [0.25, 0.3) is 11.5 Å². The van der Waals surface area contributed by atoms with Gasteiger partial charge in [0.1, 0.15) is 5.69 Å². The summed E-state index contributed by atoms with van der Waals surface area (Å²) in [5.74, 6) is 1.02. The second-order valence-electron chi connectivity index (χ2n) is 6.33. The molecule has 3 heterocycles. The first-order valence-electron chi connectivity index (χ1n) is 7.09. The Morgan fingerprint density at radius 1 is 1.36 bits per heavy atom. The minimum atomic E-state index is -0.244. The van der Waals surface area contributed by atoms with E-state index in [1.807, 2.05) is 20.8 Å². The number of urea groups is 1. The van der Waals surface area contributed by atoms with Gasteiger partial charge in [-0.15, -0.1) is 0 Å². The molecule has 0 spiro atoms. The quantitative estimate of drug-likeness (QED) is 0.901. The molecule has 1 aliphatic heterocycles. The van der Waals surface area contributed by atoms with Gasteiger partial charge in [-0.3, -0.25) is 4.98 Å². The van der Waals surface area contributed by atoms with Gasteiger partial charge >= 0.3 is 6.03 Å². The van der Waals surface area contributed by atoms with E-state index in [1.54, 1.807) is 23.5 Å². The molecule has 2 aromatic heterocycles. The SMILES string of the molecule is CC(C)(C)NC(=O)N1CC(c2nc(-c3cnccn3)no2)C1. The fraction of sp³-hybridized carbons (Fsp3) is 0.500. The van der Waals surface area contributed by atoms with Crippen LogP contribution in [-0.2, 0) is 0 Å². The van der Waals surface area contributed by atoms with Crippen molar-refractivity contribution in [2.24, 2.45) is 0 Å². The topological polar surface area (TPSA) is 97.0 Å². The number of amides is 2. The van der Waals surface area contributed by atoms with Gasteiger partial charge in [-0.05, 0) is 20.8 Å². The zero-order valence-electron chi connectivity index (χ0n) is 12.8. The van der Waals surface area contributed by atoms with E-state index in [4.69, 9.17) is 4.52 Å². The molecule has 1 aliphatic rings. The summed E-state index contributed by atoms with van der Waals surface area (Å²) in [5.41, 5.74) is 0.324. The number of hydrogen-bond donors (Lipinski definition) is 1. The minimum absolute atomic E-state index is 0.0718. The number of nitrogens with one attached hydrogen (secondary N) is 1. The molecular formula is C14H18N6O2. The maximum Gasteiger partial charge on any atom is 0.317 e. The molecule has 1 fully saturated rings. The van der Waals surface area contributed by atoms with Crippen LogP contribution in [0.3, 0.4) is 0 Å². The van der Waals surface area contributed by atoms with E-state index in [0.717, 1.165) is 0 Å². The predicted octanol–water partition coefficient (Wildman–Crippen LogP) is 1.43. The highest BCUT2D eigenvalue weighted by Gasteiger charge is 2.36. The number of carbonyl (C=O) groups excluding carboxylic acids is 1. The minimum Gasteiger partial charge on any atom is -0.338 e. The van der Waals surface area contributed by atoms with Crippen LogP contribution in [0.15, 0.2) is 23.1 Å². The van der Waals surface area contributed by atoms with Gasteiger partial charge in [0.15, 0.2) is 0 Å². The molecule has 0 radical (unpaired) electrons. The Bertz CT molecular complexity index is 657. The first kappa shape index (κ1) is 14.4. The van der Waals surface area contributed by atoms with Crippen molar-refractivity contribution < 1.29 is 9.32 Å². The van der Waals surface area contributed by atoms with Crippen LogP contribution in [0.5, 0.6) is 0 Å². The zero-order chi connectivity index (χ0) is 15.7. The molecule has 0 saturated carbocycles. The number of hydrogen-bond acceptors (Lipinski definition) is 6. The summed E-state index contributed by atoms with van der Waals surface area (Å²) in [6.07, 6.45) is 4.74. The van der Waals surface area contributed by atoms with Crippen LogP contribution in [0.1, 0.15) is 32.6 Å². The molecule has 0 aromatic carbocycles. The molecule has 8 heteroatoms. The normalized spacial score (nSPS) is 15.5. The predicted molar refractivity (Wildman–Crippen MR) is 77.9 cm³/mol. The highest BCUT2D eigenvalue weighted by atomic mass is 16.5.